The van der Waals surface area contributed by atoms with E-state index in [1.807, 2.05) is 35.4 Å². The zero-order valence-electron chi connectivity index (χ0n) is 17.6. The van der Waals surface area contributed by atoms with Gasteiger partial charge in [0.1, 0.15) is 23.0 Å². The molecule has 1 N–H and O–H groups in total. The molecule has 2 heterocycles. The van der Waals surface area contributed by atoms with Gasteiger partial charge < -0.3 is 10.2 Å². The normalized spacial score (nSPS) is 16.6. The van der Waals surface area contributed by atoms with Crippen molar-refractivity contribution >= 4 is 22.9 Å². The molecule has 1 aromatic heterocycles. The summed E-state index contributed by atoms with van der Waals surface area (Å²) in [6.07, 6.45) is 0. The largest absolute Gasteiger partial charge is 0.367 e. The highest BCUT2D eigenvalue weighted by atomic mass is 32.1. The van der Waals surface area contributed by atoms with E-state index in [2.05, 4.69) is 10.2 Å². The number of para-hydroxylation sites is 1. The number of hydrogen-bond donors (Lipinski definition) is 1. The molecule has 4 rings (SSSR count). The van der Waals surface area contributed by atoms with Crippen molar-refractivity contribution in [1.82, 2.24) is 10.2 Å². The molecule has 1 fully saturated rings. The zero-order valence-corrected chi connectivity index (χ0v) is 18.4. The fraction of sp³-hybridized carbons (Fsp3) is 0.292. The standard InChI is InChI=1S/C24H24F3N3OS/c1-16(28-24(31)22-18(26)7-4-8-19(22)27)23(21-10-5-15-32-21)30-13-11-29(12-14-30)20-9-3-2-6-17(20)25/h2-10,15-16,23H,11-14H2,1H3,(H,28,31). The van der Waals surface area contributed by atoms with Crippen LogP contribution in [0.4, 0.5) is 18.9 Å². The summed E-state index contributed by atoms with van der Waals surface area (Å²) in [6, 6.07) is 13.4. The van der Waals surface area contributed by atoms with Crippen LogP contribution in [-0.4, -0.2) is 43.0 Å². The topological polar surface area (TPSA) is 35.6 Å². The first-order valence-electron chi connectivity index (χ1n) is 10.5. The molecular formula is C24H24F3N3OS. The average Bonchev–Trinajstić information content (AvgIpc) is 3.29. The number of rotatable bonds is 6. The smallest absolute Gasteiger partial charge is 0.257 e. The fourth-order valence-corrected chi connectivity index (χ4v) is 5.19. The number of carbonyl (C=O) groups excluding carboxylic acids is 1. The molecule has 3 aromatic rings. The van der Waals surface area contributed by atoms with E-state index in [-0.39, 0.29) is 11.9 Å². The molecule has 1 saturated heterocycles. The Morgan fingerprint density at radius 3 is 2.19 bits per heavy atom. The minimum absolute atomic E-state index is 0.170. The summed E-state index contributed by atoms with van der Waals surface area (Å²) < 4.78 is 42.3. The first kappa shape index (κ1) is 22.4. The highest BCUT2D eigenvalue weighted by Gasteiger charge is 2.32. The Bertz CT molecular complexity index is 1050. The van der Waals surface area contributed by atoms with Gasteiger partial charge in [-0.2, -0.15) is 0 Å². The second-order valence-corrected chi connectivity index (χ2v) is 8.77. The summed E-state index contributed by atoms with van der Waals surface area (Å²) in [5.74, 6) is -2.80. The van der Waals surface area contributed by atoms with Crippen molar-refractivity contribution in [3.05, 3.63) is 87.9 Å². The van der Waals surface area contributed by atoms with Crippen LogP contribution in [-0.2, 0) is 0 Å². The Kier molecular flexibility index (Phi) is 6.81. The number of carbonyl (C=O) groups is 1. The molecular weight excluding hydrogens is 435 g/mol. The lowest BCUT2D eigenvalue weighted by Gasteiger charge is -2.42. The summed E-state index contributed by atoms with van der Waals surface area (Å²) in [7, 11) is 0. The first-order valence-corrected chi connectivity index (χ1v) is 11.4. The van der Waals surface area contributed by atoms with Crippen LogP contribution in [0.3, 0.4) is 0 Å². The number of halogens is 3. The van der Waals surface area contributed by atoms with Crippen LogP contribution in [0.15, 0.2) is 60.0 Å². The summed E-state index contributed by atoms with van der Waals surface area (Å²) in [5, 5.41) is 4.75. The van der Waals surface area contributed by atoms with Crippen molar-refractivity contribution in [2.75, 3.05) is 31.1 Å². The van der Waals surface area contributed by atoms with Gasteiger partial charge in [-0.05, 0) is 42.6 Å². The van der Waals surface area contributed by atoms with Crippen LogP contribution in [0, 0.1) is 17.5 Å². The van der Waals surface area contributed by atoms with Crippen LogP contribution < -0.4 is 10.2 Å². The van der Waals surface area contributed by atoms with Gasteiger partial charge in [0.15, 0.2) is 0 Å². The molecule has 0 radical (unpaired) electrons. The van der Waals surface area contributed by atoms with E-state index in [0.717, 1.165) is 17.0 Å². The maximum atomic E-state index is 14.2. The number of piperazine rings is 1. The Balaban J connectivity index is 1.50. The van der Waals surface area contributed by atoms with Gasteiger partial charge in [-0.25, -0.2) is 13.2 Å². The third-order valence-electron chi connectivity index (χ3n) is 5.76. The van der Waals surface area contributed by atoms with Crippen molar-refractivity contribution in [2.45, 2.75) is 19.0 Å². The number of thiophene rings is 1. The number of anilines is 1. The second kappa shape index (κ2) is 9.75. The predicted octanol–water partition coefficient (Wildman–Crippen LogP) is 4.85. The molecule has 2 unspecified atom stereocenters. The Hall–Kier alpha value is -2.84. The summed E-state index contributed by atoms with van der Waals surface area (Å²) in [6.45, 7) is 4.41. The minimum Gasteiger partial charge on any atom is -0.367 e. The van der Waals surface area contributed by atoms with E-state index < -0.39 is 29.1 Å². The lowest BCUT2D eigenvalue weighted by atomic mass is 10.0. The summed E-state index contributed by atoms with van der Waals surface area (Å²) >= 11 is 1.57. The first-order chi connectivity index (χ1) is 15.5. The van der Waals surface area contributed by atoms with E-state index in [1.54, 1.807) is 23.5 Å². The predicted molar refractivity (Wildman–Crippen MR) is 121 cm³/mol. The molecule has 0 bridgehead atoms. The lowest BCUT2D eigenvalue weighted by Crippen LogP contribution is -2.52. The molecule has 2 atom stereocenters. The van der Waals surface area contributed by atoms with Gasteiger partial charge in [-0.3, -0.25) is 9.69 Å². The number of benzene rings is 2. The highest BCUT2D eigenvalue weighted by Crippen LogP contribution is 2.31. The number of nitrogens with one attached hydrogen (secondary N) is 1. The van der Waals surface area contributed by atoms with E-state index in [9.17, 15) is 18.0 Å². The maximum Gasteiger partial charge on any atom is 0.257 e. The average molecular weight is 460 g/mol. The molecule has 4 nitrogen and oxygen atoms in total. The van der Waals surface area contributed by atoms with E-state index >= 15 is 0 Å². The van der Waals surface area contributed by atoms with Gasteiger partial charge in [0, 0.05) is 37.1 Å². The molecule has 1 aliphatic rings. The third kappa shape index (κ3) is 4.66. The highest BCUT2D eigenvalue weighted by molar-refractivity contribution is 7.10. The zero-order chi connectivity index (χ0) is 22.7. The van der Waals surface area contributed by atoms with Crippen molar-refractivity contribution in [2.24, 2.45) is 0 Å². The molecule has 1 aliphatic heterocycles. The molecule has 2 aromatic carbocycles. The van der Waals surface area contributed by atoms with Gasteiger partial charge >= 0.3 is 0 Å². The van der Waals surface area contributed by atoms with Crippen LogP contribution in [0.2, 0.25) is 0 Å². The lowest BCUT2D eigenvalue weighted by molar-refractivity contribution is 0.0882. The molecule has 1 amide bonds. The SMILES string of the molecule is CC(NC(=O)c1c(F)cccc1F)C(c1cccs1)N1CCN(c2ccccc2F)CC1. The van der Waals surface area contributed by atoms with Gasteiger partial charge in [0.2, 0.25) is 0 Å². The molecule has 32 heavy (non-hydrogen) atoms. The summed E-state index contributed by atoms with van der Waals surface area (Å²) in [4.78, 5) is 18.0. The Morgan fingerprint density at radius 2 is 1.56 bits per heavy atom. The fourth-order valence-electron chi connectivity index (χ4n) is 4.22. The monoisotopic (exact) mass is 459 g/mol. The van der Waals surface area contributed by atoms with Crippen molar-refractivity contribution in [3.63, 3.8) is 0 Å². The van der Waals surface area contributed by atoms with Crippen LogP contribution in [0.1, 0.15) is 28.2 Å². The van der Waals surface area contributed by atoms with Crippen LogP contribution >= 0.6 is 11.3 Å². The van der Waals surface area contributed by atoms with Gasteiger partial charge in [-0.15, -0.1) is 11.3 Å². The van der Waals surface area contributed by atoms with E-state index in [1.165, 1.54) is 12.1 Å². The number of hydrogen-bond acceptors (Lipinski definition) is 4. The van der Waals surface area contributed by atoms with Crippen LogP contribution in [0.5, 0.6) is 0 Å². The summed E-state index contributed by atoms with van der Waals surface area (Å²) in [5.41, 5.74) is 0.00449. The maximum absolute atomic E-state index is 14.2. The van der Waals surface area contributed by atoms with Crippen molar-refractivity contribution < 1.29 is 18.0 Å². The molecule has 168 valence electrons. The Morgan fingerprint density at radius 1 is 0.906 bits per heavy atom. The molecule has 0 saturated carbocycles. The number of nitrogens with zero attached hydrogens (tertiary/aromatic N) is 2. The number of amides is 1. The molecule has 8 heteroatoms. The van der Waals surface area contributed by atoms with Gasteiger partial charge in [0.05, 0.1) is 11.7 Å². The van der Waals surface area contributed by atoms with Gasteiger partial charge in [0.25, 0.3) is 5.91 Å². The van der Waals surface area contributed by atoms with Crippen molar-refractivity contribution in [1.29, 1.82) is 0 Å². The molecule has 0 spiro atoms. The van der Waals surface area contributed by atoms with Gasteiger partial charge in [-0.1, -0.05) is 24.3 Å². The van der Waals surface area contributed by atoms with Crippen molar-refractivity contribution in [3.8, 4) is 0 Å². The van der Waals surface area contributed by atoms with E-state index in [4.69, 9.17) is 0 Å². The third-order valence-corrected chi connectivity index (χ3v) is 6.70. The second-order valence-electron chi connectivity index (χ2n) is 7.79. The quantitative estimate of drug-likeness (QED) is 0.573. The Labute approximate surface area is 189 Å². The minimum atomic E-state index is -0.888. The van der Waals surface area contributed by atoms with Crippen LogP contribution in [0.25, 0.3) is 0 Å². The van der Waals surface area contributed by atoms with E-state index in [0.29, 0.717) is 31.9 Å². The molecule has 0 aliphatic carbocycles.